The summed E-state index contributed by atoms with van der Waals surface area (Å²) in [5.41, 5.74) is 0. The molecule has 3 atom stereocenters. The molecule has 3 unspecified atom stereocenters. The molecule has 1 aliphatic rings. The van der Waals surface area contributed by atoms with Crippen LogP contribution in [0.25, 0.3) is 0 Å². The number of aliphatic hydroxyl groups is 2. The lowest BCUT2D eigenvalue weighted by atomic mass is 10.1. The molecule has 1 fully saturated rings. The Morgan fingerprint density at radius 1 is 1.58 bits per heavy atom. The van der Waals surface area contributed by atoms with E-state index in [1.54, 1.807) is 6.08 Å². The molecule has 0 aliphatic carbocycles. The first-order valence-corrected chi connectivity index (χ1v) is 3.84. The minimum Gasteiger partial charge on any atom is -0.457 e. The Morgan fingerprint density at radius 2 is 2.25 bits per heavy atom. The molecular weight excluding hydrogens is 160 g/mol. The molecule has 12 heavy (non-hydrogen) atoms. The number of aliphatic hydroxyl groups excluding tert-OH is 2. The molecule has 4 nitrogen and oxygen atoms in total. The number of carbonyl (C=O) groups is 1. The largest absolute Gasteiger partial charge is 0.457 e. The van der Waals surface area contributed by atoms with Crippen molar-refractivity contribution in [2.45, 2.75) is 31.2 Å². The molecule has 68 valence electrons. The van der Waals surface area contributed by atoms with E-state index in [9.17, 15) is 9.90 Å². The fourth-order valence-corrected chi connectivity index (χ4v) is 1.14. The molecule has 0 spiro atoms. The Labute approximate surface area is 70.5 Å². The number of allylic oxidation sites excluding steroid dienone is 1. The lowest BCUT2D eigenvalue weighted by Crippen LogP contribution is -2.30. The minimum absolute atomic E-state index is 0.507. The molecule has 0 saturated carbocycles. The summed E-state index contributed by atoms with van der Waals surface area (Å²) < 4.78 is 4.70. The van der Waals surface area contributed by atoms with Crippen molar-refractivity contribution in [3.63, 3.8) is 0 Å². The van der Waals surface area contributed by atoms with Crippen LogP contribution in [-0.4, -0.2) is 34.5 Å². The van der Waals surface area contributed by atoms with E-state index in [0.29, 0.717) is 12.8 Å². The van der Waals surface area contributed by atoms with Gasteiger partial charge >= 0.3 is 5.97 Å². The van der Waals surface area contributed by atoms with Gasteiger partial charge in [0, 0.05) is 0 Å². The maximum absolute atomic E-state index is 10.7. The summed E-state index contributed by atoms with van der Waals surface area (Å²) in [4.78, 5) is 10.7. The molecule has 1 aliphatic heterocycles. The van der Waals surface area contributed by atoms with Crippen molar-refractivity contribution < 1.29 is 19.7 Å². The van der Waals surface area contributed by atoms with Crippen molar-refractivity contribution in [2.24, 2.45) is 0 Å². The average Bonchev–Trinajstić information content (AvgIpc) is 2.30. The van der Waals surface area contributed by atoms with E-state index in [1.165, 1.54) is 0 Å². The molecule has 0 bridgehead atoms. The van der Waals surface area contributed by atoms with Gasteiger partial charge in [-0.05, 0) is 12.8 Å². The molecule has 1 rings (SSSR count). The SMILES string of the molecule is C=CCCC1OC(=O)C(O)C1O. The highest BCUT2D eigenvalue weighted by molar-refractivity contribution is 5.77. The number of carbonyl (C=O) groups excluding carboxylic acids is 1. The highest BCUT2D eigenvalue weighted by atomic mass is 16.6. The van der Waals surface area contributed by atoms with Crippen LogP contribution in [0.3, 0.4) is 0 Å². The van der Waals surface area contributed by atoms with Crippen LogP contribution < -0.4 is 0 Å². The maximum Gasteiger partial charge on any atom is 0.338 e. The van der Waals surface area contributed by atoms with E-state index >= 15 is 0 Å². The smallest absolute Gasteiger partial charge is 0.338 e. The highest BCUT2D eigenvalue weighted by Crippen LogP contribution is 2.19. The zero-order chi connectivity index (χ0) is 9.14. The fourth-order valence-electron chi connectivity index (χ4n) is 1.14. The lowest BCUT2D eigenvalue weighted by molar-refractivity contribution is -0.147. The average molecular weight is 172 g/mol. The number of hydrogen-bond acceptors (Lipinski definition) is 4. The van der Waals surface area contributed by atoms with Crippen LogP contribution in [0.2, 0.25) is 0 Å². The summed E-state index contributed by atoms with van der Waals surface area (Å²) in [7, 11) is 0. The second-order valence-electron chi connectivity index (χ2n) is 2.78. The quantitative estimate of drug-likeness (QED) is 0.449. The molecule has 1 saturated heterocycles. The van der Waals surface area contributed by atoms with E-state index < -0.39 is 24.3 Å². The summed E-state index contributed by atoms with van der Waals surface area (Å²) in [6.07, 6.45) is -0.205. The van der Waals surface area contributed by atoms with Gasteiger partial charge in [-0.3, -0.25) is 0 Å². The van der Waals surface area contributed by atoms with Crippen LogP contribution >= 0.6 is 0 Å². The third-order valence-corrected chi connectivity index (χ3v) is 1.87. The summed E-state index contributed by atoms with van der Waals surface area (Å²) in [6.45, 7) is 3.50. The second kappa shape index (κ2) is 3.69. The van der Waals surface area contributed by atoms with Gasteiger partial charge in [-0.1, -0.05) is 6.08 Å². The van der Waals surface area contributed by atoms with Crippen LogP contribution in [0.5, 0.6) is 0 Å². The molecule has 0 radical (unpaired) electrons. The van der Waals surface area contributed by atoms with Gasteiger partial charge in [0.25, 0.3) is 0 Å². The number of cyclic esters (lactones) is 1. The second-order valence-corrected chi connectivity index (χ2v) is 2.78. The molecule has 4 heteroatoms. The van der Waals surface area contributed by atoms with Crippen molar-refractivity contribution in [2.75, 3.05) is 0 Å². The van der Waals surface area contributed by atoms with Gasteiger partial charge in [-0.25, -0.2) is 4.79 Å². The molecule has 2 N–H and O–H groups in total. The minimum atomic E-state index is -1.38. The Hall–Kier alpha value is -0.870. The topological polar surface area (TPSA) is 66.8 Å². The molecular formula is C8H12O4. The van der Waals surface area contributed by atoms with Gasteiger partial charge in [-0.2, -0.15) is 0 Å². The van der Waals surface area contributed by atoms with Crippen molar-refractivity contribution in [1.29, 1.82) is 0 Å². The fraction of sp³-hybridized carbons (Fsp3) is 0.625. The first-order chi connectivity index (χ1) is 5.66. The third kappa shape index (κ3) is 1.65. The van der Waals surface area contributed by atoms with Crippen molar-refractivity contribution in [1.82, 2.24) is 0 Å². The summed E-state index contributed by atoms with van der Waals surface area (Å²) in [5, 5.41) is 18.2. The molecule has 0 aromatic heterocycles. The van der Waals surface area contributed by atoms with Gasteiger partial charge in [-0.15, -0.1) is 6.58 Å². The van der Waals surface area contributed by atoms with E-state index in [4.69, 9.17) is 9.84 Å². The zero-order valence-electron chi connectivity index (χ0n) is 6.64. The van der Waals surface area contributed by atoms with Crippen molar-refractivity contribution in [3.05, 3.63) is 12.7 Å². The van der Waals surface area contributed by atoms with Crippen LogP contribution in [0.1, 0.15) is 12.8 Å². The Bertz CT molecular complexity index is 189. The Balaban J connectivity index is 2.46. The van der Waals surface area contributed by atoms with Crippen LogP contribution in [0.15, 0.2) is 12.7 Å². The monoisotopic (exact) mass is 172 g/mol. The standard InChI is InChI=1S/C8H12O4/c1-2-3-4-5-6(9)7(10)8(11)12-5/h2,5-7,9-10H,1,3-4H2. The van der Waals surface area contributed by atoms with Crippen LogP contribution in [0.4, 0.5) is 0 Å². The maximum atomic E-state index is 10.7. The van der Waals surface area contributed by atoms with Gasteiger partial charge < -0.3 is 14.9 Å². The number of rotatable bonds is 3. The third-order valence-electron chi connectivity index (χ3n) is 1.87. The predicted molar refractivity (Wildman–Crippen MR) is 41.3 cm³/mol. The molecule has 0 amide bonds. The Morgan fingerprint density at radius 3 is 2.67 bits per heavy atom. The zero-order valence-corrected chi connectivity index (χ0v) is 6.64. The van der Waals surface area contributed by atoms with E-state index in [0.717, 1.165) is 0 Å². The molecule has 1 heterocycles. The van der Waals surface area contributed by atoms with E-state index in [2.05, 4.69) is 6.58 Å². The highest BCUT2D eigenvalue weighted by Gasteiger charge is 2.41. The van der Waals surface area contributed by atoms with Crippen LogP contribution in [-0.2, 0) is 9.53 Å². The predicted octanol–water partition coefficient (Wildman–Crippen LogP) is -0.400. The molecule has 0 aromatic rings. The van der Waals surface area contributed by atoms with E-state index in [1.807, 2.05) is 0 Å². The van der Waals surface area contributed by atoms with Gasteiger partial charge in [0.1, 0.15) is 12.2 Å². The number of hydrogen-bond donors (Lipinski definition) is 2. The summed E-state index contributed by atoms with van der Waals surface area (Å²) >= 11 is 0. The summed E-state index contributed by atoms with van der Waals surface area (Å²) in [5.74, 6) is -0.739. The van der Waals surface area contributed by atoms with Crippen molar-refractivity contribution in [3.8, 4) is 0 Å². The first-order valence-electron chi connectivity index (χ1n) is 3.84. The number of esters is 1. The van der Waals surface area contributed by atoms with Crippen molar-refractivity contribution >= 4 is 5.97 Å². The normalized spacial score (nSPS) is 34.8. The van der Waals surface area contributed by atoms with Gasteiger partial charge in [0.05, 0.1) is 0 Å². The molecule has 0 aromatic carbocycles. The van der Waals surface area contributed by atoms with E-state index in [-0.39, 0.29) is 0 Å². The summed E-state index contributed by atoms with van der Waals surface area (Å²) in [6, 6.07) is 0. The number of ether oxygens (including phenoxy) is 1. The van der Waals surface area contributed by atoms with Gasteiger partial charge in [0.15, 0.2) is 6.10 Å². The lowest BCUT2D eigenvalue weighted by Gasteiger charge is -2.11. The van der Waals surface area contributed by atoms with Crippen LogP contribution in [0, 0.1) is 0 Å². The Kier molecular flexibility index (Phi) is 2.83. The van der Waals surface area contributed by atoms with Gasteiger partial charge in [0.2, 0.25) is 0 Å². The first kappa shape index (κ1) is 9.22.